The second kappa shape index (κ2) is 8.85. The van der Waals surface area contributed by atoms with Gasteiger partial charge in [0.25, 0.3) is 10.0 Å². The molecule has 0 aliphatic carbocycles. The molecule has 8 heteroatoms. The van der Waals surface area contributed by atoms with E-state index in [9.17, 15) is 13.2 Å². The van der Waals surface area contributed by atoms with Gasteiger partial charge >= 0.3 is 5.97 Å². The van der Waals surface area contributed by atoms with E-state index < -0.39 is 15.4 Å². The molecule has 0 bridgehead atoms. The topological polar surface area (TPSA) is 72.9 Å². The van der Waals surface area contributed by atoms with Crippen LogP contribution in [0.3, 0.4) is 0 Å². The minimum absolute atomic E-state index is 0.113. The van der Waals surface area contributed by atoms with Crippen molar-refractivity contribution < 1.29 is 22.7 Å². The highest BCUT2D eigenvalue weighted by Gasteiger charge is 2.46. The average Bonchev–Trinajstić information content (AvgIpc) is 3.15. The molecular weight excluding hydrogens is 410 g/mol. The number of hydrogen-bond acceptors (Lipinski definition) is 6. The molecule has 3 rings (SSSR count). The van der Waals surface area contributed by atoms with Crippen LogP contribution in [0.25, 0.3) is 0 Å². The van der Waals surface area contributed by atoms with Crippen LogP contribution in [0.4, 0.5) is 0 Å². The van der Waals surface area contributed by atoms with E-state index in [1.54, 1.807) is 26.2 Å². The van der Waals surface area contributed by atoms with Crippen molar-refractivity contribution in [2.75, 3.05) is 26.8 Å². The molecule has 1 fully saturated rings. The molecule has 0 N–H and O–H groups in total. The van der Waals surface area contributed by atoms with Gasteiger partial charge in [-0.25, -0.2) is 8.42 Å². The van der Waals surface area contributed by atoms with E-state index in [-0.39, 0.29) is 19.1 Å². The standard InChI is InChI=1S/C21H27NO5S2/c1-4-27-20(23)21(14-17-7-5-8-18(13-17)26-3)11-6-12-22(15-21)29(24,25)19-10-9-16(2)28-19/h5,7-10,13H,4,6,11-12,14-15H2,1-3H3/t21-/m0/s1. The minimum atomic E-state index is -3.65. The number of ether oxygens (including phenoxy) is 2. The monoisotopic (exact) mass is 437 g/mol. The van der Waals surface area contributed by atoms with E-state index in [2.05, 4.69) is 0 Å². The van der Waals surface area contributed by atoms with Crippen LogP contribution in [0.5, 0.6) is 5.75 Å². The van der Waals surface area contributed by atoms with E-state index in [0.717, 1.165) is 10.4 Å². The summed E-state index contributed by atoms with van der Waals surface area (Å²) in [4.78, 5) is 14.0. The number of piperidine rings is 1. The van der Waals surface area contributed by atoms with Crippen molar-refractivity contribution in [2.45, 2.75) is 37.3 Å². The maximum atomic E-state index is 13.2. The molecule has 6 nitrogen and oxygen atoms in total. The molecular formula is C21H27NO5S2. The number of rotatable bonds is 7. The Morgan fingerprint density at radius 3 is 2.72 bits per heavy atom. The number of thiophene rings is 1. The molecule has 0 spiro atoms. The Balaban J connectivity index is 1.94. The Labute approximate surface area is 176 Å². The van der Waals surface area contributed by atoms with E-state index in [1.165, 1.54) is 15.6 Å². The molecule has 0 radical (unpaired) electrons. The van der Waals surface area contributed by atoms with Gasteiger partial charge in [-0.15, -0.1) is 11.3 Å². The molecule has 2 aromatic rings. The molecule has 0 amide bonds. The Hall–Kier alpha value is -1.90. The zero-order valence-electron chi connectivity index (χ0n) is 17.0. The summed E-state index contributed by atoms with van der Waals surface area (Å²) in [5.74, 6) is 0.362. The summed E-state index contributed by atoms with van der Waals surface area (Å²) in [7, 11) is -2.05. The van der Waals surface area contributed by atoms with Crippen LogP contribution in [0, 0.1) is 12.3 Å². The summed E-state index contributed by atoms with van der Waals surface area (Å²) in [6.07, 6.45) is 1.59. The van der Waals surface area contributed by atoms with Crippen molar-refractivity contribution in [3.8, 4) is 5.75 Å². The van der Waals surface area contributed by atoms with Gasteiger partial charge in [-0.05, 0) is 62.9 Å². The molecule has 1 atom stereocenters. The maximum Gasteiger partial charge on any atom is 0.313 e. The predicted octanol–water partition coefficient (Wildman–Crippen LogP) is 3.64. The number of methoxy groups -OCH3 is 1. The second-order valence-electron chi connectivity index (χ2n) is 7.34. The van der Waals surface area contributed by atoms with Crippen molar-refractivity contribution in [3.05, 3.63) is 46.8 Å². The van der Waals surface area contributed by atoms with Gasteiger partial charge in [0.15, 0.2) is 0 Å². The van der Waals surface area contributed by atoms with Gasteiger partial charge in [-0.3, -0.25) is 4.79 Å². The average molecular weight is 438 g/mol. The van der Waals surface area contributed by atoms with Gasteiger partial charge in [-0.1, -0.05) is 12.1 Å². The molecule has 1 aromatic heterocycles. The van der Waals surface area contributed by atoms with Crippen molar-refractivity contribution in [1.82, 2.24) is 4.31 Å². The van der Waals surface area contributed by atoms with Crippen LogP contribution < -0.4 is 4.74 Å². The molecule has 158 valence electrons. The Kier molecular flexibility index (Phi) is 6.65. The SMILES string of the molecule is CCOC(=O)[C@]1(Cc2cccc(OC)c2)CCCN(S(=O)(=O)c2ccc(C)s2)C1. The van der Waals surface area contributed by atoms with Crippen LogP contribution in [-0.4, -0.2) is 45.5 Å². The summed E-state index contributed by atoms with van der Waals surface area (Å²) < 4.78 is 38.8. The number of carbonyl (C=O) groups is 1. The number of nitrogens with zero attached hydrogens (tertiary/aromatic N) is 1. The predicted molar refractivity (Wildman–Crippen MR) is 113 cm³/mol. The zero-order chi connectivity index (χ0) is 21.1. The van der Waals surface area contributed by atoms with E-state index in [4.69, 9.17) is 9.47 Å². The Morgan fingerprint density at radius 1 is 1.28 bits per heavy atom. The highest BCUT2D eigenvalue weighted by atomic mass is 32.2. The first-order chi connectivity index (χ1) is 13.8. The number of carbonyl (C=O) groups excluding carboxylic acids is 1. The lowest BCUT2D eigenvalue weighted by Gasteiger charge is -2.40. The van der Waals surface area contributed by atoms with Crippen LogP contribution >= 0.6 is 11.3 Å². The van der Waals surface area contributed by atoms with Crippen LogP contribution in [0.1, 0.15) is 30.2 Å². The number of aryl methyl sites for hydroxylation is 1. The van der Waals surface area contributed by atoms with Gasteiger partial charge in [0.1, 0.15) is 9.96 Å². The van der Waals surface area contributed by atoms with Crippen molar-refractivity contribution in [3.63, 3.8) is 0 Å². The molecule has 1 saturated heterocycles. The summed E-state index contributed by atoms with van der Waals surface area (Å²) in [5.41, 5.74) is 0.00335. The van der Waals surface area contributed by atoms with E-state index >= 15 is 0 Å². The number of hydrogen-bond donors (Lipinski definition) is 0. The van der Waals surface area contributed by atoms with E-state index in [1.807, 2.05) is 31.2 Å². The van der Waals surface area contributed by atoms with Gasteiger partial charge < -0.3 is 9.47 Å². The molecule has 1 aliphatic rings. The van der Waals surface area contributed by atoms with Crippen molar-refractivity contribution >= 4 is 27.3 Å². The first kappa shape index (κ1) is 21.8. The fraction of sp³-hybridized carbons (Fsp3) is 0.476. The lowest BCUT2D eigenvalue weighted by molar-refractivity contribution is -0.157. The molecule has 1 aliphatic heterocycles. The quantitative estimate of drug-likeness (QED) is 0.619. The highest BCUT2D eigenvalue weighted by molar-refractivity contribution is 7.91. The Morgan fingerprint density at radius 2 is 2.07 bits per heavy atom. The molecule has 1 aromatic carbocycles. The smallest absolute Gasteiger partial charge is 0.313 e. The fourth-order valence-corrected chi connectivity index (χ4v) is 6.82. The third-order valence-corrected chi connectivity index (χ3v) is 8.55. The number of benzene rings is 1. The first-order valence-corrected chi connectivity index (χ1v) is 11.9. The maximum absolute atomic E-state index is 13.2. The van der Waals surface area contributed by atoms with Gasteiger partial charge in [-0.2, -0.15) is 4.31 Å². The number of sulfonamides is 1. The van der Waals surface area contributed by atoms with Gasteiger partial charge in [0.2, 0.25) is 0 Å². The minimum Gasteiger partial charge on any atom is -0.497 e. The van der Waals surface area contributed by atoms with E-state index in [0.29, 0.717) is 35.8 Å². The van der Waals surface area contributed by atoms with Gasteiger partial charge in [0.05, 0.1) is 19.1 Å². The third-order valence-electron chi connectivity index (χ3n) is 5.24. The third kappa shape index (κ3) is 4.65. The van der Waals surface area contributed by atoms with Crippen LogP contribution in [-0.2, 0) is 26.0 Å². The summed E-state index contributed by atoms with van der Waals surface area (Å²) in [6.45, 7) is 4.42. The molecule has 29 heavy (non-hydrogen) atoms. The molecule has 2 heterocycles. The first-order valence-electron chi connectivity index (χ1n) is 9.67. The normalized spacial score (nSPS) is 20.4. The zero-order valence-corrected chi connectivity index (χ0v) is 18.6. The number of esters is 1. The fourth-order valence-electron chi connectivity index (χ4n) is 3.81. The molecule has 0 saturated carbocycles. The lowest BCUT2D eigenvalue weighted by Crippen LogP contribution is -2.51. The highest BCUT2D eigenvalue weighted by Crippen LogP contribution is 2.38. The largest absolute Gasteiger partial charge is 0.497 e. The molecule has 0 unspecified atom stereocenters. The van der Waals surface area contributed by atoms with Crippen molar-refractivity contribution in [1.29, 1.82) is 0 Å². The second-order valence-corrected chi connectivity index (χ2v) is 10.8. The van der Waals surface area contributed by atoms with Gasteiger partial charge in [0, 0.05) is 18.0 Å². The summed E-state index contributed by atoms with van der Waals surface area (Å²) >= 11 is 1.25. The summed E-state index contributed by atoms with van der Waals surface area (Å²) in [6, 6.07) is 11.0. The lowest BCUT2D eigenvalue weighted by atomic mass is 9.75. The van der Waals surface area contributed by atoms with Crippen LogP contribution in [0.15, 0.2) is 40.6 Å². The summed E-state index contributed by atoms with van der Waals surface area (Å²) in [5, 5.41) is 0. The Bertz CT molecular complexity index is 969. The van der Waals surface area contributed by atoms with Crippen LogP contribution in [0.2, 0.25) is 0 Å². The van der Waals surface area contributed by atoms with Crippen molar-refractivity contribution in [2.24, 2.45) is 5.41 Å².